The molecule has 0 saturated heterocycles. The number of anilines is 1. The van der Waals surface area contributed by atoms with E-state index >= 15 is 0 Å². The van der Waals surface area contributed by atoms with Gasteiger partial charge in [0, 0.05) is 13.7 Å². The number of aromatic nitrogens is 1. The second kappa shape index (κ2) is 5.33. The quantitative estimate of drug-likeness (QED) is 0.856. The van der Waals surface area contributed by atoms with Crippen molar-refractivity contribution in [2.75, 3.05) is 19.4 Å². The predicted octanol–water partition coefficient (Wildman–Crippen LogP) is 1.47. The number of hydrogen-bond acceptors (Lipinski definition) is 4. The lowest BCUT2D eigenvalue weighted by Gasteiger charge is -2.23. The first kappa shape index (κ1) is 13.7. The van der Waals surface area contributed by atoms with Gasteiger partial charge in [0.15, 0.2) is 0 Å². The number of amides is 1. The molecule has 1 rings (SSSR count). The van der Waals surface area contributed by atoms with Crippen molar-refractivity contribution in [2.45, 2.75) is 19.4 Å². The molecule has 0 aliphatic heterocycles. The first-order chi connectivity index (χ1) is 7.85. The van der Waals surface area contributed by atoms with E-state index in [1.165, 1.54) is 6.07 Å². The van der Waals surface area contributed by atoms with Gasteiger partial charge in [0.25, 0.3) is 5.91 Å². The molecule has 0 aromatic carbocycles. The van der Waals surface area contributed by atoms with E-state index in [-0.39, 0.29) is 22.4 Å². The van der Waals surface area contributed by atoms with Gasteiger partial charge in [0.2, 0.25) is 0 Å². The van der Waals surface area contributed by atoms with Crippen LogP contribution in [0.5, 0.6) is 0 Å². The summed E-state index contributed by atoms with van der Waals surface area (Å²) < 4.78 is 5.19. The van der Waals surface area contributed by atoms with Crippen LogP contribution in [0.4, 0.5) is 5.82 Å². The molecule has 0 atom stereocenters. The smallest absolute Gasteiger partial charge is 0.271 e. The zero-order valence-corrected chi connectivity index (χ0v) is 10.8. The van der Waals surface area contributed by atoms with Crippen LogP contribution in [0.3, 0.4) is 0 Å². The Morgan fingerprint density at radius 2 is 2.24 bits per heavy atom. The van der Waals surface area contributed by atoms with E-state index < -0.39 is 5.60 Å². The van der Waals surface area contributed by atoms with E-state index in [1.807, 2.05) is 13.8 Å². The van der Waals surface area contributed by atoms with Crippen molar-refractivity contribution in [3.63, 3.8) is 0 Å². The van der Waals surface area contributed by atoms with Crippen molar-refractivity contribution >= 4 is 23.3 Å². The van der Waals surface area contributed by atoms with Crippen molar-refractivity contribution in [2.24, 2.45) is 0 Å². The van der Waals surface area contributed by atoms with E-state index in [2.05, 4.69) is 10.3 Å². The molecule has 1 aromatic heterocycles. The topological polar surface area (TPSA) is 77.2 Å². The summed E-state index contributed by atoms with van der Waals surface area (Å²) in [6, 6.07) is 3.08. The standard InChI is InChI=1S/C11H16ClN3O2/c1-11(2,17-3)6-14-10(16)9-7(12)4-5-8(13)15-9/h4-5H,6H2,1-3H3,(H2,13,15)(H,14,16). The fraction of sp³-hybridized carbons (Fsp3) is 0.455. The Bertz CT molecular complexity index is 421. The average molecular weight is 258 g/mol. The number of halogens is 1. The SMILES string of the molecule is COC(C)(C)CNC(=O)c1nc(N)ccc1Cl. The summed E-state index contributed by atoms with van der Waals surface area (Å²) in [6.07, 6.45) is 0. The number of ether oxygens (including phenoxy) is 1. The fourth-order valence-corrected chi connectivity index (χ4v) is 1.26. The monoisotopic (exact) mass is 257 g/mol. The molecule has 3 N–H and O–H groups in total. The summed E-state index contributed by atoms with van der Waals surface area (Å²) in [6.45, 7) is 4.08. The van der Waals surface area contributed by atoms with Crippen LogP contribution in [0.1, 0.15) is 24.3 Å². The van der Waals surface area contributed by atoms with Crippen LogP contribution in [0.2, 0.25) is 5.02 Å². The second-order valence-electron chi connectivity index (χ2n) is 4.21. The van der Waals surface area contributed by atoms with Gasteiger partial charge in [0.1, 0.15) is 11.5 Å². The molecule has 0 spiro atoms. The first-order valence-electron chi connectivity index (χ1n) is 5.11. The van der Waals surface area contributed by atoms with Gasteiger partial charge >= 0.3 is 0 Å². The molecule has 0 fully saturated rings. The van der Waals surface area contributed by atoms with Gasteiger partial charge in [-0.25, -0.2) is 4.98 Å². The lowest BCUT2D eigenvalue weighted by molar-refractivity contribution is 0.0228. The highest BCUT2D eigenvalue weighted by molar-refractivity contribution is 6.33. The maximum Gasteiger partial charge on any atom is 0.271 e. The minimum atomic E-state index is -0.442. The number of nitrogens with zero attached hydrogens (tertiary/aromatic N) is 1. The number of nitrogen functional groups attached to an aromatic ring is 1. The van der Waals surface area contributed by atoms with Crippen molar-refractivity contribution in [3.05, 3.63) is 22.8 Å². The number of nitrogens with two attached hydrogens (primary N) is 1. The summed E-state index contributed by atoms with van der Waals surface area (Å²) in [5, 5.41) is 2.96. The summed E-state index contributed by atoms with van der Waals surface area (Å²) in [4.78, 5) is 15.7. The number of rotatable bonds is 4. The lowest BCUT2D eigenvalue weighted by Crippen LogP contribution is -2.40. The van der Waals surface area contributed by atoms with Gasteiger partial charge in [-0.15, -0.1) is 0 Å². The van der Waals surface area contributed by atoms with Crippen LogP contribution in [0.15, 0.2) is 12.1 Å². The van der Waals surface area contributed by atoms with E-state index in [1.54, 1.807) is 13.2 Å². The maximum absolute atomic E-state index is 11.8. The van der Waals surface area contributed by atoms with Gasteiger partial charge in [-0.05, 0) is 26.0 Å². The number of carbonyl (C=O) groups is 1. The van der Waals surface area contributed by atoms with Crippen molar-refractivity contribution in [1.82, 2.24) is 10.3 Å². The molecule has 6 heteroatoms. The molecule has 1 heterocycles. The molecule has 17 heavy (non-hydrogen) atoms. The summed E-state index contributed by atoms with van der Waals surface area (Å²) in [5.74, 6) is -0.113. The minimum absolute atomic E-state index is 0.124. The van der Waals surface area contributed by atoms with Gasteiger partial charge in [0.05, 0.1) is 10.6 Å². The van der Waals surface area contributed by atoms with Crippen LogP contribution in [0, 0.1) is 0 Å². The van der Waals surface area contributed by atoms with E-state index in [0.717, 1.165) is 0 Å². The summed E-state index contributed by atoms with van der Waals surface area (Å²) in [5.41, 5.74) is 5.18. The predicted molar refractivity (Wildman–Crippen MR) is 67.1 cm³/mol. The number of carbonyl (C=O) groups excluding carboxylic acids is 1. The molecule has 0 saturated carbocycles. The Balaban J connectivity index is 2.74. The van der Waals surface area contributed by atoms with Crippen molar-refractivity contribution in [1.29, 1.82) is 0 Å². The van der Waals surface area contributed by atoms with Gasteiger partial charge in [-0.3, -0.25) is 4.79 Å². The lowest BCUT2D eigenvalue weighted by atomic mass is 10.1. The molecule has 0 bridgehead atoms. The molecule has 94 valence electrons. The Hall–Kier alpha value is -1.33. The Morgan fingerprint density at radius 1 is 1.59 bits per heavy atom. The molecule has 0 aliphatic carbocycles. The Labute approximate surface area is 105 Å². The molecular formula is C11H16ClN3O2. The van der Waals surface area contributed by atoms with Gasteiger partial charge < -0.3 is 15.8 Å². The largest absolute Gasteiger partial charge is 0.384 e. The van der Waals surface area contributed by atoms with Crippen LogP contribution < -0.4 is 11.1 Å². The second-order valence-corrected chi connectivity index (χ2v) is 4.62. The zero-order valence-electron chi connectivity index (χ0n) is 10.1. The zero-order chi connectivity index (χ0) is 13.1. The van der Waals surface area contributed by atoms with Crippen molar-refractivity contribution < 1.29 is 9.53 Å². The van der Waals surface area contributed by atoms with Gasteiger partial charge in [-0.1, -0.05) is 11.6 Å². The molecule has 0 radical (unpaired) electrons. The van der Waals surface area contributed by atoms with Crippen molar-refractivity contribution in [3.8, 4) is 0 Å². The number of pyridine rings is 1. The normalized spacial score (nSPS) is 11.3. The molecule has 1 amide bonds. The third-order valence-corrected chi connectivity index (χ3v) is 2.61. The molecule has 1 aromatic rings. The van der Waals surface area contributed by atoms with Crippen LogP contribution >= 0.6 is 11.6 Å². The van der Waals surface area contributed by atoms with Crippen LogP contribution in [0.25, 0.3) is 0 Å². The minimum Gasteiger partial charge on any atom is -0.384 e. The summed E-state index contributed by atoms with van der Waals surface area (Å²) >= 11 is 5.86. The maximum atomic E-state index is 11.8. The highest BCUT2D eigenvalue weighted by atomic mass is 35.5. The highest BCUT2D eigenvalue weighted by Crippen LogP contribution is 2.15. The molecule has 5 nitrogen and oxygen atoms in total. The van der Waals surface area contributed by atoms with E-state index in [9.17, 15) is 4.79 Å². The highest BCUT2D eigenvalue weighted by Gasteiger charge is 2.19. The molecule has 0 unspecified atom stereocenters. The van der Waals surface area contributed by atoms with E-state index in [4.69, 9.17) is 22.1 Å². The van der Waals surface area contributed by atoms with E-state index in [0.29, 0.717) is 6.54 Å². The third-order valence-electron chi connectivity index (χ3n) is 2.31. The fourth-order valence-electron chi connectivity index (χ4n) is 1.07. The summed E-state index contributed by atoms with van der Waals surface area (Å²) in [7, 11) is 1.58. The molecular weight excluding hydrogens is 242 g/mol. The van der Waals surface area contributed by atoms with Crippen LogP contribution in [-0.2, 0) is 4.74 Å². The Morgan fingerprint density at radius 3 is 2.82 bits per heavy atom. The Kier molecular flexibility index (Phi) is 4.31. The number of methoxy groups -OCH3 is 1. The first-order valence-corrected chi connectivity index (χ1v) is 5.49. The van der Waals surface area contributed by atoms with Gasteiger partial charge in [-0.2, -0.15) is 0 Å². The molecule has 0 aliphatic rings. The van der Waals surface area contributed by atoms with Crippen LogP contribution in [-0.4, -0.2) is 30.1 Å². The number of hydrogen-bond donors (Lipinski definition) is 2. The average Bonchev–Trinajstić information content (AvgIpc) is 2.29. The number of nitrogens with one attached hydrogen (secondary N) is 1. The third kappa shape index (κ3) is 3.87.